The van der Waals surface area contributed by atoms with Crippen molar-refractivity contribution in [1.82, 2.24) is 24.7 Å². The summed E-state index contributed by atoms with van der Waals surface area (Å²) in [4.78, 5) is 8.02. The Morgan fingerprint density at radius 3 is 2.68 bits per heavy atom. The minimum Gasteiger partial charge on any atom is -0.360 e. The van der Waals surface area contributed by atoms with Crippen molar-refractivity contribution in [2.24, 2.45) is 7.05 Å². The molecule has 7 heteroatoms. The molecule has 0 spiro atoms. The van der Waals surface area contributed by atoms with E-state index in [1.54, 1.807) is 6.20 Å². The van der Waals surface area contributed by atoms with Gasteiger partial charge in [0.1, 0.15) is 11.9 Å². The number of anilines is 1. The Morgan fingerprint density at radius 2 is 2.05 bits per heavy atom. The number of nitrogens with one attached hydrogen (secondary N) is 1. The second-order valence-corrected chi connectivity index (χ2v) is 4.41. The maximum Gasteiger partial charge on any atom is 0.182 e. The Bertz CT molecular complexity index is 609. The zero-order valence-electron chi connectivity index (χ0n) is 11.1. The van der Waals surface area contributed by atoms with Crippen molar-refractivity contribution >= 4 is 5.82 Å². The second-order valence-electron chi connectivity index (χ2n) is 4.41. The first-order chi connectivity index (χ1) is 9.13. The number of rotatable bonds is 4. The van der Waals surface area contributed by atoms with E-state index in [1.807, 2.05) is 17.7 Å². The number of nitrogens with zero attached hydrogens (tertiary/aromatic N) is 6. The summed E-state index contributed by atoms with van der Waals surface area (Å²) in [6, 6.07) is 1.99. The summed E-state index contributed by atoms with van der Waals surface area (Å²) in [5, 5.41) is 20.2. The fourth-order valence-electron chi connectivity index (χ4n) is 1.74. The van der Waals surface area contributed by atoms with E-state index in [4.69, 9.17) is 5.26 Å². The van der Waals surface area contributed by atoms with Gasteiger partial charge in [-0.25, -0.2) is 9.97 Å². The summed E-state index contributed by atoms with van der Waals surface area (Å²) < 4.78 is 1.94. The third-order valence-corrected chi connectivity index (χ3v) is 2.73. The first-order valence-corrected chi connectivity index (χ1v) is 5.96. The van der Waals surface area contributed by atoms with E-state index in [0.717, 1.165) is 11.6 Å². The van der Waals surface area contributed by atoms with E-state index in [-0.39, 0.29) is 5.69 Å². The van der Waals surface area contributed by atoms with Crippen molar-refractivity contribution < 1.29 is 0 Å². The van der Waals surface area contributed by atoms with Gasteiger partial charge >= 0.3 is 0 Å². The van der Waals surface area contributed by atoms with Gasteiger partial charge in [-0.3, -0.25) is 0 Å². The minimum absolute atomic E-state index is 0.272. The van der Waals surface area contributed by atoms with Crippen LogP contribution >= 0.6 is 0 Å². The minimum atomic E-state index is 0.272. The maximum absolute atomic E-state index is 8.92. The molecular weight excluding hydrogens is 242 g/mol. The Morgan fingerprint density at radius 1 is 1.32 bits per heavy atom. The van der Waals surface area contributed by atoms with Crippen LogP contribution in [0.15, 0.2) is 12.4 Å². The molecule has 2 aromatic heterocycles. The van der Waals surface area contributed by atoms with Gasteiger partial charge in [-0.15, -0.1) is 10.2 Å². The van der Waals surface area contributed by atoms with Crippen LogP contribution in [-0.4, -0.2) is 24.7 Å². The predicted molar refractivity (Wildman–Crippen MR) is 69.2 cm³/mol. The lowest BCUT2D eigenvalue weighted by atomic mass is 10.2. The molecule has 1 N–H and O–H groups in total. The van der Waals surface area contributed by atoms with Crippen LogP contribution in [0.1, 0.15) is 37.1 Å². The van der Waals surface area contributed by atoms with Gasteiger partial charge in [0.05, 0.1) is 6.54 Å². The van der Waals surface area contributed by atoms with E-state index >= 15 is 0 Å². The van der Waals surface area contributed by atoms with Gasteiger partial charge < -0.3 is 9.88 Å². The molecular formula is C12H15N7. The normalized spacial score (nSPS) is 10.5. The van der Waals surface area contributed by atoms with Crippen molar-refractivity contribution in [2.45, 2.75) is 26.3 Å². The van der Waals surface area contributed by atoms with Crippen LogP contribution in [0.25, 0.3) is 0 Å². The molecule has 0 atom stereocenters. The lowest BCUT2D eigenvalue weighted by Gasteiger charge is -2.08. The molecule has 0 radical (unpaired) electrons. The smallest absolute Gasteiger partial charge is 0.182 e. The van der Waals surface area contributed by atoms with Gasteiger partial charge in [-0.2, -0.15) is 5.26 Å². The highest BCUT2D eigenvalue weighted by molar-refractivity contribution is 5.46. The Labute approximate surface area is 111 Å². The first kappa shape index (κ1) is 13.0. The highest BCUT2D eigenvalue weighted by atomic mass is 15.3. The van der Waals surface area contributed by atoms with E-state index in [9.17, 15) is 0 Å². The fraction of sp³-hybridized carbons (Fsp3) is 0.417. The van der Waals surface area contributed by atoms with Crippen molar-refractivity contribution in [3.05, 3.63) is 29.7 Å². The van der Waals surface area contributed by atoms with Gasteiger partial charge in [0, 0.05) is 25.4 Å². The van der Waals surface area contributed by atoms with Crippen LogP contribution in [0.4, 0.5) is 5.82 Å². The molecule has 0 bridgehead atoms. The summed E-state index contributed by atoms with van der Waals surface area (Å²) in [6.45, 7) is 4.58. The Hall–Kier alpha value is -2.49. The zero-order chi connectivity index (χ0) is 13.8. The summed E-state index contributed by atoms with van der Waals surface area (Å²) in [7, 11) is 1.92. The van der Waals surface area contributed by atoms with E-state index in [1.165, 1.54) is 6.20 Å². The fourth-order valence-corrected chi connectivity index (χ4v) is 1.74. The maximum atomic E-state index is 8.92. The molecule has 0 amide bonds. The van der Waals surface area contributed by atoms with Crippen LogP contribution < -0.4 is 5.32 Å². The average Bonchev–Trinajstić information content (AvgIpc) is 2.78. The third kappa shape index (κ3) is 2.68. The predicted octanol–water partition coefficient (Wildman–Crippen LogP) is 1.21. The van der Waals surface area contributed by atoms with Crippen LogP contribution in [0.5, 0.6) is 0 Å². The topological polar surface area (TPSA) is 92.3 Å². The first-order valence-electron chi connectivity index (χ1n) is 5.96. The van der Waals surface area contributed by atoms with Gasteiger partial charge in [0.25, 0.3) is 0 Å². The number of hydrogen-bond donors (Lipinski definition) is 1. The van der Waals surface area contributed by atoms with Crippen molar-refractivity contribution in [3.8, 4) is 6.07 Å². The molecule has 98 valence electrons. The van der Waals surface area contributed by atoms with Crippen LogP contribution in [-0.2, 0) is 13.6 Å². The summed E-state index contributed by atoms with van der Waals surface area (Å²) in [5.74, 6) is 2.49. The van der Waals surface area contributed by atoms with Crippen LogP contribution in [0.3, 0.4) is 0 Å². The second kappa shape index (κ2) is 5.44. The molecule has 0 aliphatic carbocycles. The lowest BCUT2D eigenvalue weighted by molar-refractivity contribution is 0.692. The third-order valence-electron chi connectivity index (χ3n) is 2.73. The molecule has 2 heterocycles. The molecule has 0 fully saturated rings. The lowest BCUT2D eigenvalue weighted by Crippen LogP contribution is -2.10. The number of aromatic nitrogens is 5. The van der Waals surface area contributed by atoms with Gasteiger partial charge in [-0.05, 0) is 0 Å². The summed E-state index contributed by atoms with van der Waals surface area (Å²) >= 11 is 0. The Balaban J connectivity index is 2.13. The quantitative estimate of drug-likeness (QED) is 0.885. The largest absolute Gasteiger partial charge is 0.360 e. The van der Waals surface area contributed by atoms with Crippen molar-refractivity contribution in [1.29, 1.82) is 5.26 Å². The molecule has 0 saturated carbocycles. The molecule has 2 aromatic rings. The highest BCUT2D eigenvalue weighted by Gasteiger charge is 2.12. The SMILES string of the molecule is CC(C)c1nnc(CNc2nccnc2C#N)n1C. The summed E-state index contributed by atoms with van der Waals surface area (Å²) in [6.07, 6.45) is 3.03. The van der Waals surface area contributed by atoms with Crippen LogP contribution in [0, 0.1) is 11.3 Å². The molecule has 7 nitrogen and oxygen atoms in total. The average molecular weight is 257 g/mol. The standard InChI is InChI=1S/C12H15N7/c1-8(2)12-18-17-10(19(12)3)7-16-11-9(6-13)14-4-5-15-11/h4-5,8H,7H2,1-3H3,(H,15,16). The van der Waals surface area contributed by atoms with E-state index in [0.29, 0.717) is 18.3 Å². The molecule has 19 heavy (non-hydrogen) atoms. The number of hydrogen-bond acceptors (Lipinski definition) is 6. The summed E-state index contributed by atoms with van der Waals surface area (Å²) in [5.41, 5.74) is 0.272. The molecule has 0 aromatic carbocycles. The molecule has 0 unspecified atom stereocenters. The highest BCUT2D eigenvalue weighted by Crippen LogP contribution is 2.13. The van der Waals surface area contributed by atoms with Gasteiger partial charge in [-0.1, -0.05) is 13.8 Å². The molecule has 0 aliphatic rings. The van der Waals surface area contributed by atoms with Crippen molar-refractivity contribution in [2.75, 3.05) is 5.32 Å². The molecule has 2 rings (SSSR count). The van der Waals surface area contributed by atoms with Gasteiger partial charge in [0.2, 0.25) is 0 Å². The van der Waals surface area contributed by atoms with Gasteiger partial charge in [0.15, 0.2) is 17.3 Å². The molecule has 0 saturated heterocycles. The zero-order valence-corrected chi connectivity index (χ0v) is 11.1. The molecule has 0 aliphatic heterocycles. The van der Waals surface area contributed by atoms with Crippen LogP contribution in [0.2, 0.25) is 0 Å². The Kier molecular flexibility index (Phi) is 3.71. The number of nitriles is 1. The van der Waals surface area contributed by atoms with E-state index < -0.39 is 0 Å². The van der Waals surface area contributed by atoms with E-state index in [2.05, 4.69) is 39.3 Å². The van der Waals surface area contributed by atoms with Crippen molar-refractivity contribution in [3.63, 3.8) is 0 Å². The monoisotopic (exact) mass is 257 g/mol.